The van der Waals surface area contributed by atoms with E-state index in [1.165, 1.54) is 6.08 Å². The second-order valence-corrected chi connectivity index (χ2v) is 11.7. The van der Waals surface area contributed by atoms with Crippen LogP contribution in [0.5, 0.6) is 0 Å². The van der Waals surface area contributed by atoms with Gasteiger partial charge in [0.1, 0.15) is 5.82 Å². The van der Waals surface area contributed by atoms with Crippen LogP contribution in [0.15, 0.2) is 35.8 Å². The lowest BCUT2D eigenvalue weighted by molar-refractivity contribution is -0.128. The zero-order chi connectivity index (χ0) is 28.0. The Morgan fingerprint density at radius 2 is 1.85 bits per heavy atom. The van der Waals surface area contributed by atoms with Gasteiger partial charge in [-0.15, -0.1) is 0 Å². The molecule has 40 heavy (non-hydrogen) atoms. The fraction of sp³-hybridized carbons (Fsp3) is 0.516. The second kappa shape index (κ2) is 11.7. The average Bonchev–Trinajstić information content (AvgIpc) is 3.44. The summed E-state index contributed by atoms with van der Waals surface area (Å²) in [6.45, 7) is 14.8. The molecule has 214 valence electrons. The zero-order valence-electron chi connectivity index (χ0n) is 23.4. The van der Waals surface area contributed by atoms with Crippen LogP contribution in [0, 0.1) is 6.92 Å². The van der Waals surface area contributed by atoms with Gasteiger partial charge in [0, 0.05) is 37.3 Å². The lowest BCUT2D eigenvalue weighted by Crippen LogP contribution is -2.58. The van der Waals surface area contributed by atoms with Crippen molar-refractivity contribution < 1.29 is 4.79 Å². The molecule has 9 heteroatoms. The summed E-state index contributed by atoms with van der Waals surface area (Å²) in [6, 6.07) is 3.70. The molecule has 5 rings (SSSR count). The highest BCUT2D eigenvalue weighted by atomic mass is 35.5. The minimum Gasteiger partial charge on any atom is -0.349 e. The van der Waals surface area contributed by atoms with Crippen LogP contribution < -0.4 is 10.6 Å². The van der Waals surface area contributed by atoms with E-state index in [9.17, 15) is 9.59 Å². The van der Waals surface area contributed by atoms with Crippen molar-refractivity contribution >= 4 is 34.4 Å². The van der Waals surface area contributed by atoms with Crippen LogP contribution in [-0.4, -0.2) is 55.5 Å². The largest absolute Gasteiger partial charge is 0.355 e. The molecule has 1 aliphatic carbocycles. The number of aryl methyl sites for hydroxylation is 1. The van der Waals surface area contributed by atoms with Crippen LogP contribution in [0.25, 0.3) is 16.7 Å². The summed E-state index contributed by atoms with van der Waals surface area (Å²) in [7, 11) is 0. The molecule has 3 aromatic heterocycles. The van der Waals surface area contributed by atoms with Crippen LogP contribution in [-0.2, 0) is 4.79 Å². The predicted molar refractivity (Wildman–Crippen MR) is 163 cm³/mol. The van der Waals surface area contributed by atoms with Crippen LogP contribution in [0.3, 0.4) is 0 Å². The molecule has 0 unspecified atom stereocenters. The van der Waals surface area contributed by atoms with Gasteiger partial charge < -0.3 is 9.80 Å². The Kier molecular flexibility index (Phi) is 8.69. The van der Waals surface area contributed by atoms with E-state index in [-0.39, 0.29) is 37.3 Å². The fourth-order valence-electron chi connectivity index (χ4n) is 6.16. The predicted octanol–water partition coefficient (Wildman–Crippen LogP) is 6.17. The molecule has 0 bridgehead atoms. The minimum absolute atomic E-state index is 0. The van der Waals surface area contributed by atoms with Gasteiger partial charge in [-0.1, -0.05) is 52.3 Å². The quantitative estimate of drug-likeness (QED) is 0.345. The van der Waals surface area contributed by atoms with E-state index in [1.54, 1.807) is 10.8 Å². The number of fused-ring (bicyclic) bond motifs is 1. The lowest BCUT2D eigenvalue weighted by Gasteiger charge is -2.44. The molecule has 0 radical (unpaired) electrons. The number of hydrogen-bond acceptors (Lipinski definition) is 6. The first-order valence-electron chi connectivity index (χ1n) is 13.9. The molecule has 2 fully saturated rings. The lowest BCUT2D eigenvalue weighted by atomic mass is 10.0. The summed E-state index contributed by atoms with van der Waals surface area (Å²) >= 11 is 6.92. The van der Waals surface area contributed by atoms with Gasteiger partial charge >= 0.3 is 5.69 Å². The Hall–Kier alpha value is -3.26. The van der Waals surface area contributed by atoms with E-state index in [0.717, 1.165) is 53.7 Å². The van der Waals surface area contributed by atoms with Gasteiger partial charge in [0.15, 0.2) is 5.65 Å². The van der Waals surface area contributed by atoms with Crippen LogP contribution >= 0.6 is 11.6 Å². The summed E-state index contributed by atoms with van der Waals surface area (Å²) in [5.41, 5.74) is 3.50. The first-order chi connectivity index (χ1) is 18.6. The summed E-state index contributed by atoms with van der Waals surface area (Å²) < 4.78 is 1.64. The molecule has 2 aliphatic rings. The van der Waals surface area contributed by atoms with Crippen LogP contribution in [0.2, 0.25) is 5.02 Å². The molecule has 1 aliphatic heterocycles. The Balaban J connectivity index is 0.00000370. The summed E-state index contributed by atoms with van der Waals surface area (Å²) in [6.07, 6.45) is 7.51. The number of carbonyl (C=O) groups is 1. The van der Waals surface area contributed by atoms with E-state index in [1.807, 2.05) is 37.8 Å². The molecule has 0 spiro atoms. The monoisotopic (exact) mass is 564 g/mol. The van der Waals surface area contributed by atoms with Gasteiger partial charge in [0.25, 0.3) is 0 Å². The van der Waals surface area contributed by atoms with Crippen molar-refractivity contribution in [2.75, 3.05) is 18.0 Å². The Morgan fingerprint density at radius 3 is 2.50 bits per heavy atom. The number of aromatic nitrogens is 4. The van der Waals surface area contributed by atoms with Gasteiger partial charge in [0.2, 0.25) is 5.91 Å². The van der Waals surface area contributed by atoms with E-state index >= 15 is 0 Å². The number of nitrogens with zero attached hydrogens (tertiary/aromatic N) is 6. The summed E-state index contributed by atoms with van der Waals surface area (Å²) in [5, 5.41) is 1.33. The number of halogens is 1. The van der Waals surface area contributed by atoms with Crippen molar-refractivity contribution in [2.45, 2.75) is 91.6 Å². The summed E-state index contributed by atoms with van der Waals surface area (Å²) in [5.74, 6) is 0.825. The van der Waals surface area contributed by atoms with Crippen molar-refractivity contribution in [3.05, 3.63) is 63.4 Å². The van der Waals surface area contributed by atoms with Gasteiger partial charge in [-0.05, 0) is 63.3 Å². The zero-order valence-corrected chi connectivity index (χ0v) is 24.2. The van der Waals surface area contributed by atoms with E-state index in [0.29, 0.717) is 29.6 Å². The minimum atomic E-state index is -0.396. The highest BCUT2D eigenvalue weighted by molar-refractivity contribution is 6.32. The number of hydrogen-bond donors (Lipinski definition) is 0. The van der Waals surface area contributed by atoms with Crippen molar-refractivity contribution in [1.82, 2.24) is 24.4 Å². The van der Waals surface area contributed by atoms with Crippen molar-refractivity contribution in [3.63, 3.8) is 0 Å². The van der Waals surface area contributed by atoms with Crippen LogP contribution in [0.1, 0.15) is 89.6 Å². The Bertz CT molecular complexity index is 1490. The highest BCUT2D eigenvalue weighted by Gasteiger charge is 2.34. The van der Waals surface area contributed by atoms with Gasteiger partial charge in [-0.2, -0.15) is 4.98 Å². The highest BCUT2D eigenvalue weighted by Crippen LogP contribution is 2.39. The molecule has 1 amide bonds. The van der Waals surface area contributed by atoms with E-state index in [2.05, 4.69) is 35.3 Å². The number of piperazine rings is 1. The molecule has 2 atom stereocenters. The number of pyridine rings is 2. The third-order valence-corrected chi connectivity index (χ3v) is 8.51. The molecule has 0 N–H and O–H groups in total. The third-order valence-electron chi connectivity index (χ3n) is 8.21. The second-order valence-electron chi connectivity index (χ2n) is 11.3. The van der Waals surface area contributed by atoms with Crippen LogP contribution in [0.4, 0.5) is 5.82 Å². The first kappa shape index (κ1) is 29.7. The molecule has 1 saturated carbocycles. The standard InChI is InChI=1S/C30H37ClN6O2.CH4/c1-7-24(38)35-15-20(6)36(16-19(35)5)28-22-14-23(31)26(21-10-8-9-11-21)33-29(22)37(30(39)34-28)27-18(4)12-13-32-25(27)17(2)3;/h7,12-14,17,19-21H,1,8-11,15-16H2,2-6H3;1H4/t19-,20+;/m1./s1. The maximum atomic E-state index is 14.0. The third kappa shape index (κ3) is 5.14. The fourth-order valence-corrected chi connectivity index (χ4v) is 6.46. The number of rotatable bonds is 5. The average molecular weight is 565 g/mol. The van der Waals surface area contributed by atoms with Crippen molar-refractivity contribution in [1.29, 1.82) is 0 Å². The molecular weight excluding hydrogens is 524 g/mol. The molecule has 1 saturated heterocycles. The number of carbonyl (C=O) groups excluding carboxylic acids is 1. The van der Waals surface area contributed by atoms with Gasteiger partial charge in [-0.25, -0.2) is 14.3 Å². The number of amides is 1. The first-order valence-corrected chi connectivity index (χ1v) is 14.3. The molecule has 0 aromatic carbocycles. The molecule has 8 nitrogen and oxygen atoms in total. The molecular formula is C31H41ClN6O2. The summed E-state index contributed by atoms with van der Waals surface area (Å²) in [4.78, 5) is 44.8. The van der Waals surface area contributed by atoms with Crippen molar-refractivity contribution in [2.24, 2.45) is 0 Å². The Morgan fingerprint density at radius 1 is 1.15 bits per heavy atom. The normalized spacial score (nSPS) is 19.8. The van der Waals surface area contributed by atoms with E-state index < -0.39 is 5.69 Å². The molecule has 3 aromatic rings. The topological polar surface area (TPSA) is 84.2 Å². The SMILES string of the molecule is C.C=CC(=O)N1C[C@H](C)N(c2nc(=O)n(-c3c(C)ccnc3C(C)C)c3nc(C4CCCC4)c(Cl)cc23)C[C@H]1C. The van der Waals surface area contributed by atoms with E-state index in [4.69, 9.17) is 16.6 Å². The maximum absolute atomic E-state index is 14.0. The van der Waals surface area contributed by atoms with Crippen molar-refractivity contribution in [3.8, 4) is 5.69 Å². The smallest absolute Gasteiger partial charge is 0.349 e. The number of anilines is 1. The molecule has 4 heterocycles. The van der Waals surface area contributed by atoms with Gasteiger partial charge in [0.05, 0.1) is 27.5 Å². The Labute approximate surface area is 242 Å². The maximum Gasteiger partial charge on any atom is 0.355 e. The van der Waals surface area contributed by atoms with Gasteiger partial charge in [-0.3, -0.25) is 9.78 Å².